The Morgan fingerprint density at radius 1 is 1.18 bits per heavy atom. The Labute approximate surface area is 218 Å². The zero-order chi connectivity index (χ0) is 24.1. The van der Waals surface area contributed by atoms with Crippen molar-refractivity contribution in [1.29, 1.82) is 0 Å². The maximum absolute atomic E-state index is 12.8. The van der Waals surface area contributed by atoms with Crippen LogP contribution in [0.5, 0.6) is 0 Å². The highest BCUT2D eigenvalue weighted by Crippen LogP contribution is 2.37. The van der Waals surface area contributed by atoms with Crippen LogP contribution in [0.25, 0.3) is 0 Å². The zero-order valence-electron chi connectivity index (χ0n) is 18.8. The Morgan fingerprint density at radius 2 is 1.97 bits per heavy atom. The highest BCUT2D eigenvalue weighted by Gasteiger charge is 2.25. The second-order valence-corrected chi connectivity index (χ2v) is 10.4. The summed E-state index contributed by atoms with van der Waals surface area (Å²) in [7, 11) is 0. The third-order valence-corrected chi connectivity index (χ3v) is 7.61. The lowest BCUT2D eigenvalue weighted by molar-refractivity contribution is 0.0526. The predicted octanol–water partition coefficient (Wildman–Crippen LogP) is 6.94. The molecular formula is C24H26Cl2N4O2S2. The van der Waals surface area contributed by atoms with Crippen LogP contribution in [-0.2, 0) is 24.1 Å². The van der Waals surface area contributed by atoms with Gasteiger partial charge in [-0.3, -0.25) is 4.68 Å². The van der Waals surface area contributed by atoms with Gasteiger partial charge < -0.3 is 15.4 Å². The second-order valence-electron chi connectivity index (χ2n) is 8.06. The largest absolute Gasteiger partial charge is 0.462 e. The molecule has 2 heterocycles. The molecule has 0 unspecified atom stereocenters. The number of carbonyl (C=O) groups excluding carboxylic acids is 1. The standard InChI is InChI=1S/C24H26Cl2N4O2S2/c1-2-32-23(31)21-17-7-5-3-4-6-8-19(17)34-22(21)28-24(33)27-20-11-12-30(29-20)14-15-9-10-16(25)13-18(15)26/h9-13H,2-8,14H2,1H3,(H2,27,28,29,33). The topological polar surface area (TPSA) is 68.2 Å². The molecule has 0 saturated heterocycles. The van der Waals surface area contributed by atoms with Gasteiger partial charge in [0.05, 0.1) is 18.7 Å². The first-order valence-corrected chi connectivity index (χ1v) is 13.3. The number of rotatable bonds is 6. The van der Waals surface area contributed by atoms with Gasteiger partial charge in [0, 0.05) is 27.2 Å². The number of benzene rings is 1. The van der Waals surface area contributed by atoms with Gasteiger partial charge in [0.2, 0.25) is 0 Å². The van der Waals surface area contributed by atoms with Crippen LogP contribution >= 0.6 is 46.8 Å². The molecule has 180 valence electrons. The molecule has 1 aliphatic carbocycles. The maximum atomic E-state index is 12.8. The van der Waals surface area contributed by atoms with Crippen LogP contribution in [-0.4, -0.2) is 27.5 Å². The molecule has 1 aliphatic rings. The van der Waals surface area contributed by atoms with Gasteiger partial charge in [0.25, 0.3) is 0 Å². The third kappa shape index (κ3) is 6.10. The first-order valence-electron chi connectivity index (χ1n) is 11.3. The summed E-state index contributed by atoms with van der Waals surface area (Å²) in [4.78, 5) is 14.1. The van der Waals surface area contributed by atoms with E-state index in [4.69, 9.17) is 40.2 Å². The average Bonchev–Trinajstić information content (AvgIpc) is 3.34. The van der Waals surface area contributed by atoms with Crippen LogP contribution < -0.4 is 10.6 Å². The van der Waals surface area contributed by atoms with E-state index >= 15 is 0 Å². The van der Waals surface area contributed by atoms with Gasteiger partial charge in [0.15, 0.2) is 10.9 Å². The molecule has 2 N–H and O–H groups in total. The minimum absolute atomic E-state index is 0.296. The van der Waals surface area contributed by atoms with Crippen molar-refractivity contribution in [3.05, 3.63) is 62.1 Å². The quantitative estimate of drug-likeness (QED) is 0.262. The Hall–Kier alpha value is -2.13. The molecule has 10 heteroatoms. The number of thiophene rings is 1. The van der Waals surface area contributed by atoms with E-state index < -0.39 is 0 Å². The number of hydrogen-bond donors (Lipinski definition) is 2. The summed E-state index contributed by atoms with van der Waals surface area (Å²) < 4.78 is 7.14. The number of thiocarbonyl (C=S) groups is 1. The van der Waals surface area contributed by atoms with E-state index in [-0.39, 0.29) is 5.97 Å². The van der Waals surface area contributed by atoms with E-state index in [0.717, 1.165) is 41.8 Å². The summed E-state index contributed by atoms with van der Waals surface area (Å²) in [5.41, 5.74) is 2.64. The minimum Gasteiger partial charge on any atom is -0.462 e. The van der Waals surface area contributed by atoms with Gasteiger partial charge >= 0.3 is 5.97 Å². The summed E-state index contributed by atoms with van der Waals surface area (Å²) in [5, 5.41) is 13.1. The first-order chi connectivity index (χ1) is 16.4. The van der Waals surface area contributed by atoms with Gasteiger partial charge in [-0.2, -0.15) is 5.10 Å². The van der Waals surface area contributed by atoms with E-state index in [0.29, 0.717) is 39.7 Å². The molecule has 0 aliphatic heterocycles. The Bertz CT molecular complexity index is 1190. The number of aromatic nitrogens is 2. The predicted molar refractivity (Wildman–Crippen MR) is 144 cm³/mol. The number of nitrogens with one attached hydrogen (secondary N) is 2. The van der Waals surface area contributed by atoms with Crippen molar-refractivity contribution < 1.29 is 9.53 Å². The molecule has 0 bridgehead atoms. The van der Waals surface area contributed by atoms with Crippen molar-refractivity contribution in [1.82, 2.24) is 9.78 Å². The smallest absolute Gasteiger partial charge is 0.341 e. The number of hydrogen-bond acceptors (Lipinski definition) is 5. The first kappa shape index (κ1) is 25.0. The van der Waals surface area contributed by atoms with E-state index in [1.807, 2.05) is 25.3 Å². The van der Waals surface area contributed by atoms with Crippen LogP contribution in [0, 0.1) is 0 Å². The summed E-state index contributed by atoms with van der Waals surface area (Å²) in [6, 6.07) is 7.23. The number of carbonyl (C=O) groups is 1. The van der Waals surface area contributed by atoms with Crippen LogP contribution in [0.3, 0.4) is 0 Å². The van der Waals surface area contributed by atoms with Gasteiger partial charge in [-0.25, -0.2) is 4.79 Å². The summed E-state index contributed by atoms with van der Waals surface area (Å²) in [6.07, 6.45) is 8.32. The van der Waals surface area contributed by atoms with Gasteiger partial charge in [-0.15, -0.1) is 11.3 Å². The molecular weight excluding hydrogens is 511 g/mol. The summed E-state index contributed by atoms with van der Waals surface area (Å²) >= 11 is 19.4. The number of anilines is 2. The van der Waals surface area contributed by atoms with Crippen molar-refractivity contribution in [3.63, 3.8) is 0 Å². The van der Waals surface area contributed by atoms with Gasteiger partial charge in [-0.1, -0.05) is 42.1 Å². The SMILES string of the molecule is CCOC(=O)c1c(NC(=S)Nc2ccn(Cc3ccc(Cl)cc3Cl)n2)sc2c1CCCCCC2. The fraction of sp³-hybridized carbons (Fsp3) is 0.375. The second kappa shape index (κ2) is 11.5. The lowest BCUT2D eigenvalue weighted by Crippen LogP contribution is -2.21. The number of ether oxygens (including phenoxy) is 1. The number of esters is 1. The fourth-order valence-corrected chi connectivity index (χ4v) is 6.04. The minimum atomic E-state index is -0.296. The van der Waals surface area contributed by atoms with E-state index in [1.54, 1.807) is 28.2 Å². The zero-order valence-corrected chi connectivity index (χ0v) is 22.0. The van der Waals surface area contributed by atoms with Crippen LogP contribution in [0.1, 0.15) is 59.0 Å². The Morgan fingerprint density at radius 3 is 2.74 bits per heavy atom. The number of aryl methyl sites for hydroxylation is 1. The van der Waals surface area contributed by atoms with Crippen molar-refractivity contribution in [3.8, 4) is 0 Å². The van der Waals surface area contributed by atoms with Crippen molar-refractivity contribution in [2.45, 2.75) is 52.0 Å². The van der Waals surface area contributed by atoms with Crippen LogP contribution in [0.15, 0.2) is 30.5 Å². The molecule has 0 spiro atoms. The molecule has 1 aromatic carbocycles. The van der Waals surface area contributed by atoms with Crippen LogP contribution in [0.2, 0.25) is 10.0 Å². The van der Waals surface area contributed by atoms with E-state index in [1.165, 1.54) is 17.7 Å². The average molecular weight is 538 g/mol. The third-order valence-electron chi connectivity index (χ3n) is 5.61. The number of fused-ring (bicyclic) bond motifs is 1. The van der Waals surface area contributed by atoms with Gasteiger partial charge in [-0.05, 0) is 68.1 Å². The Balaban J connectivity index is 1.47. The monoisotopic (exact) mass is 536 g/mol. The molecule has 34 heavy (non-hydrogen) atoms. The highest BCUT2D eigenvalue weighted by atomic mass is 35.5. The molecule has 0 atom stereocenters. The van der Waals surface area contributed by atoms with Crippen molar-refractivity contribution in [2.24, 2.45) is 0 Å². The molecule has 0 saturated carbocycles. The Kier molecular flexibility index (Phi) is 8.47. The summed E-state index contributed by atoms with van der Waals surface area (Å²) in [5.74, 6) is 0.296. The highest BCUT2D eigenvalue weighted by molar-refractivity contribution is 7.80. The van der Waals surface area contributed by atoms with E-state index in [2.05, 4.69) is 15.7 Å². The number of halogens is 2. The molecule has 0 fully saturated rings. The maximum Gasteiger partial charge on any atom is 0.341 e. The van der Waals surface area contributed by atoms with E-state index in [9.17, 15) is 4.79 Å². The molecule has 4 rings (SSSR count). The lowest BCUT2D eigenvalue weighted by atomic mass is 9.96. The number of nitrogens with zero attached hydrogens (tertiary/aromatic N) is 2. The molecule has 2 aromatic heterocycles. The van der Waals surface area contributed by atoms with Crippen molar-refractivity contribution in [2.75, 3.05) is 17.2 Å². The van der Waals surface area contributed by atoms with Gasteiger partial charge in [0.1, 0.15) is 5.00 Å². The summed E-state index contributed by atoms with van der Waals surface area (Å²) in [6.45, 7) is 2.66. The normalized spacial score (nSPS) is 13.5. The fourth-order valence-electron chi connectivity index (χ4n) is 4.02. The molecule has 3 aromatic rings. The van der Waals surface area contributed by atoms with Crippen molar-refractivity contribution >= 4 is 68.7 Å². The molecule has 6 nitrogen and oxygen atoms in total. The van der Waals surface area contributed by atoms with Crippen LogP contribution in [0.4, 0.5) is 10.8 Å². The molecule has 0 amide bonds. The lowest BCUT2D eigenvalue weighted by Gasteiger charge is -2.12. The molecule has 0 radical (unpaired) electrons.